The molecule has 2 N–H and O–H groups in total. The molecule has 0 spiro atoms. The van der Waals surface area contributed by atoms with Crippen LogP contribution in [0.25, 0.3) is 0 Å². The van der Waals surface area contributed by atoms with E-state index in [1.807, 2.05) is 45.0 Å². The second kappa shape index (κ2) is 5.71. The van der Waals surface area contributed by atoms with Crippen LogP contribution < -0.4 is 10.1 Å². The summed E-state index contributed by atoms with van der Waals surface area (Å²) in [4.78, 5) is 13.7. The van der Waals surface area contributed by atoms with E-state index in [0.29, 0.717) is 30.9 Å². The van der Waals surface area contributed by atoms with Crippen LogP contribution in [0, 0.1) is 0 Å². The minimum absolute atomic E-state index is 0.202. The number of hydrogen-bond acceptors (Lipinski definition) is 3. The molecule has 1 aromatic carbocycles. The molecule has 0 saturated carbocycles. The lowest BCUT2D eigenvalue weighted by atomic mass is 10.2. The molecule has 1 heterocycles. The number of aliphatic hydroxyl groups excluding tert-OH is 1. The minimum Gasteiger partial charge on any atom is -0.486 e. The van der Waals surface area contributed by atoms with Crippen molar-refractivity contribution in [3.8, 4) is 5.75 Å². The smallest absolute Gasteiger partial charge is 0.322 e. The molecule has 0 aliphatic carbocycles. The second-order valence-electron chi connectivity index (χ2n) is 6.03. The van der Waals surface area contributed by atoms with E-state index in [2.05, 4.69) is 5.32 Å². The summed E-state index contributed by atoms with van der Waals surface area (Å²) in [5.41, 5.74) is 0.318. The molecule has 0 radical (unpaired) electrons. The van der Waals surface area contributed by atoms with Gasteiger partial charge in [0.1, 0.15) is 11.4 Å². The second-order valence-corrected chi connectivity index (χ2v) is 6.03. The van der Waals surface area contributed by atoms with Crippen LogP contribution >= 0.6 is 0 Å². The van der Waals surface area contributed by atoms with Gasteiger partial charge in [-0.25, -0.2) is 4.79 Å². The fourth-order valence-corrected chi connectivity index (χ4v) is 2.11. The molecule has 1 atom stereocenters. The fourth-order valence-electron chi connectivity index (χ4n) is 2.11. The van der Waals surface area contributed by atoms with Crippen molar-refractivity contribution in [2.24, 2.45) is 0 Å². The van der Waals surface area contributed by atoms with E-state index in [1.54, 1.807) is 4.90 Å². The highest BCUT2D eigenvalue weighted by molar-refractivity contribution is 5.91. The van der Waals surface area contributed by atoms with E-state index in [0.717, 1.165) is 0 Å². The van der Waals surface area contributed by atoms with E-state index >= 15 is 0 Å². The SMILES string of the molecule is CC(C)(C)Oc1ccccc1NC(=O)N1CC[C@@H](O)C1. The molecule has 0 bridgehead atoms. The number of carbonyl (C=O) groups is 1. The van der Waals surface area contributed by atoms with Gasteiger partial charge in [0, 0.05) is 13.1 Å². The van der Waals surface area contributed by atoms with Crippen LogP contribution in [-0.2, 0) is 0 Å². The molecule has 0 unspecified atom stereocenters. The highest BCUT2D eigenvalue weighted by Gasteiger charge is 2.25. The summed E-state index contributed by atoms with van der Waals surface area (Å²) in [6, 6.07) is 7.16. The molecule has 0 aromatic heterocycles. The van der Waals surface area contributed by atoms with Gasteiger partial charge in [0.25, 0.3) is 0 Å². The Bertz CT molecular complexity index is 482. The number of urea groups is 1. The number of rotatable bonds is 2. The normalized spacial score (nSPS) is 19.0. The maximum atomic E-state index is 12.1. The Labute approximate surface area is 119 Å². The molecule has 2 amide bonds. The number of nitrogens with zero attached hydrogens (tertiary/aromatic N) is 1. The highest BCUT2D eigenvalue weighted by atomic mass is 16.5. The summed E-state index contributed by atoms with van der Waals surface area (Å²) in [6.07, 6.45) is 0.218. The predicted octanol–water partition coefficient (Wildman–Crippen LogP) is 2.46. The number of para-hydroxylation sites is 2. The third-order valence-corrected chi connectivity index (χ3v) is 3.00. The lowest BCUT2D eigenvalue weighted by molar-refractivity contribution is 0.132. The van der Waals surface area contributed by atoms with Crippen molar-refractivity contribution >= 4 is 11.7 Å². The molecule has 110 valence electrons. The fraction of sp³-hybridized carbons (Fsp3) is 0.533. The first-order valence-corrected chi connectivity index (χ1v) is 6.87. The quantitative estimate of drug-likeness (QED) is 0.873. The van der Waals surface area contributed by atoms with Gasteiger partial charge in [-0.3, -0.25) is 0 Å². The van der Waals surface area contributed by atoms with Crippen molar-refractivity contribution in [3.63, 3.8) is 0 Å². The maximum Gasteiger partial charge on any atom is 0.322 e. The van der Waals surface area contributed by atoms with Gasteiger partial charge in [-0.15, -0.1) is 0 Å². The van der Waals surface area contributed by atoms with E-state index in [1.165, 1.54) is 0 Å². The van der Waals surface area contributed by atoms with Crippen molar-refractivity contribution in [1.82, 2.24) is 4.90 Å². The first-order valence-electron chi connectivity index (χ1n) is 6.87. The Morgan fingerprint density at radius 3 is 2.70 bits per heavy atom. The van der Waals surface area contributed by atoms with E-state index in [9.17, 15) is 9.90 Å². The van der Waals surface area contributed by atoms with Crippen LogP contribution in [0.2, 0.25) is 0 Å². The first-order chi connectivity index (χ1) is 9.35. The summed E-state index contributed by atoms with van der Waals surface area (Å²) in [5.74, 6) is 0.646. The molecule has 1 aromatic rings. The molecule has 2 rings (SSSR count). The molecule has 1 aliphatic rings. The van der Waals surface area contributed by atoms with Gasteiger partial charge in [0.05, 0.1) is 11.8 Å². The third-order valence-electron chi connectivity index (χ3n) is 3.00. The number of benzene rings is 1. The number of anilines is 1. The Hall–Kier alpha value is -1.75. The monoisotopic (exact) mass is 278 g/mol. The van der Waals surface area contributed by atoms with Crippen molar-refractivity contribution < 1.29 is 14.6 Å². The van der Waals surface area contributed by atoms with Gasteiger partial charge in [-0.05, 0) is 39.3 Å². The molecule has 1 fully saturated rings. The number of amides is 2. The summed E-state index contributed by atoms with van der Waals surface area (Å²) >= 11 is 0. The van der Waals surface area contributed by atoms with E-state index < -0.39 is 6.10 Å². The number of hydrogen-bond donors (Lipinski definition) is 2. The number of likely N-dealkylation sites (tertiary alicyclic amines) is 1. The Morgan fingerprint density at radius 1 is 1.40 bits per heavy atom. The lowest BCUT2D eigenvalue weighted by Crippen LogP contribution is -2.34. The molecule has 5 heteroatoms. The Morgan fingerprint density at radius 2 is 2.10 bits per heavy atom. The Kier molecular flexibility index (Phi) is 4.18. The van der Waals surface area contributed by atoms with Crippen LogP contribution in [-0.4, -0.2) is 40.8 Å². The third kappa shape index (κ3) is 3.87. The average Bonchev–Trinajstić information content (AvgIpc) is 2.77. The Balaban J connectivity index is 2.07. The number of β-amino-alcohol motifs (C(OH)–C–C–N with tert-alkyl or cyclic N) is 1. The van der Waals surface area contributed by atoms with Crippen molar-refractivity contribution in [1.29, 1.82) is 0 Å². The van der Waals surface area contributed by atoms with Crippen LogP contribution in [0.4, 0.5) is 10.5 Å². The number of ether oxygens (including phenoxy) is 1. The van der Waals surface area contributed by atoms with Gasteiger partial charge < -0.3 is 20.1 Å². The van der Waals surface area contributed by atoms with Crippen LogP contribution in [0.3, 0.4) is 0 Å². The summed E-state index contributed by atoms with van der Waals surface area (Å²) < 4.78 is 5.83. The van der Waals surface area contributed by atoms with Gasteiger partial charge in [-0.1, -0.05) is 12.1 Å². The summed E-state index contributed by atoms with van der Waals surface area (Å²) in [6.45, 7) is 6.84. The van der Waals surface area contributed by atoms with Gasteiger partial charge >= 0.3 is 6.03 Å². The standard InChI is InChI=1S/C15H22N2O3/c1-15(2,3)20-13-7-5-4-6-12(13)16-14(19)17-9-8-11(18)10-17/h4-7,11,18H,8-10H2,1-3H3,(H,16,19)/t11-/m1/s1. The maximum absolute atomic E-state index is 12.1. The van der Waals surface area contributed by atoms with E-state index in [-0.39, 0.29) is 11.6 Å². The molecule has 1 saturated heterocycles. The summed E-state index contributed by atoms with van der Waals surface area (Å²) in [5, 5.41) is 12.3. The largest absolute Gasteiger partial charge is 0.486 e. The molecular formula is C15H22N2O3. The number of carbonyl (C=O) groups excluding carboxylic acids is 1. The van der Waals surface area contributed by atoms with Crippen molar-refractivity contribution in [2.75, 3.05) is 18.4 Å². The molecule has 20 heavy (non-hydrogen) atoms. The van der Waals surface area contributed by atoms with Gasteiger partial charge in [0.15, 0.2) is 0 Å². The molecule has 5 nitrogen and oxygen atoms in total. The van der Waals surface area contributed by atoms with Crippen LogP contribution in [0.5, 0.6) is 5.75 Å². The molecular weight excluding hydrogens is 256 g/mol. The molecule has 1 aliphatic heterocycles. The number of nitrogens with one attached hydrogen (secondary N) is 1. The highest BCUT2D eigenvalue weighted by Crippen LogP contribution is 2.28. The zero-order chi connectivity index (χ0) is 14.8. The van der Waals surface area contributed by atoms with Gasteiger partial charge in [-0.2, -0.15) is 0 Å². The average molecular weight is 278 g/mol. The predicted molar refractivity (Wildman–Crippen MR) is 78.0 cm³/mol. The topological polar surface area (TPSA) is 61.8 Å². The van der Waals surface area contributed by atoms with Crippen molar-refractivity contribution in [3.05, 3.63) is 24.3 Å². The minimum atomic E-state index is -0.415. The summed E-state index contributed by atoms with van der Waals surface area (Å²) in [7, 11) is 0. The van der Waals surface area contributed by atoms with Crippen molar-refractivity contribution in [2.45, 2.75) is 38.9 Å². The van der Waals surface area contributed by atoms with Crippen LogP contribution in [0.15, 0.2) is 24.3 Å². The number of aliphatic hydroxyl groups is 1. The van der Waals surface area contributed by atoms with Gasteiger partial charge in [0.2, 0.25) is 0 Å². The van der Waals surface area contributed by atoms with Crippen LogP contribution in [0.1, 0.15) is 27.2 Å². The lowest BCUT2D eigenvalue weighted by Gasteiger charge is -2.24. The first kappa shape index (κ1) is 14.7. The zero-order valence-corrected chi connectivity index (χ0v) is 12.2. The van der Waals surface area contributed by atoms with E-state index in [4.69, 9.17) is 4.74 Å². The zero-order valence-electron chi connectivity index (χ0n) is 12.2.